The number of piperazine rings is 1. The number of nitrogens with one attached hydrogen (secondary N) is 1. The van der Waals surface area contributed by atoms with Gasteiger partial charge in [-0.2, -0.15) is 0 Å². The molecule has 1 saturated heterocycles. The second kappa shape index (κ2) is 6.93. The summed E-state index contributed by atoms with van der Waals surface area (Å²) in [6, 6.07) is 6.08. The third-order valence-electron chi connectivity index (χ3n) is 4.46. The predicted molar refractivity (Wildman–Crippen MR) is 101 cm³/mol. The van der Waals surface area contributed by atoms with Crippen molar-refractivity contribution in [2.45, 2.75) is 6.54 Å². The standard InChI is InChI=1S/C19H24N4O/c1-4-5-7-15(2)14-23-17-9-6-8-16(18(17)20-19(23)24)22-12-10-21(3)11-13-22/h4-9H,1-2,10-14H2,3H3,(H,20,24)/b7-5-. The predicted octanol–water partition coefficient (Wildman–Crippen LogP) is 2.38. The van der Waals surface area contributed by atoms with Crippen molar-refractivity contribution in [3.63, 3.8) is 0 Å². The third-order valence-corrected chi connectivity index (χ3v) is 4.46. The van der Waals surface area contributed by atoms with Gasteiger partial charge in [0.1, 0.15) is 0 Å². The molecule has 0 atom stereocenters. The number of allylic oxidation sites excluding steroid dienone is 4. The number of fused-ring (bicyclic) bond motifs is 1. The molecule has 1 fully saturated rings. The second-order valence-corrected chi connectivity index (χ2v) is 6.23. The van der Waals surface area contributed by atoms with Gasteiger partial charge in [0.25, 0.3) is 0 Å². The fourth-order valence-electron chi connectivity index (χ4n) is 3.09. The summed E-state index contributed by atoms with van der Waals surface area (Å²) in [7, 11) is 2.14. The number of imidazole rings is 1. The van der Waals surface area contributed by atoms with Crippen molar-refractivity contribution < 1.29 is 0 Å². The fourth-order valence-corrected chi connectivity index (χ4v) is 3.09. The number of hydrogen-bond acceptors (Lipinski definition) is 3. The summed E-state index contributed by atoms with van der Waals surface area (Å²) < 4.78 is 1.74. The highest BCUT2D eigenvalue weighted by Crippen LogP contribution is 2.25. The number of hydrogen-bond donors (Lipinski definition) is 1. The van der Waals surface area contributed by atoms with Gasteiger partial charge in [-0.05, 0) is 24.8 Å². The fraction of sp³-hybridized carbons (Fsp3) is 0.316. The molecule has 1 N–H and O–H groups in total. The Kier molecular flexibility index (Phi) is 4.71. The Labute approximate surface area is 142 Å². The van der Waals surface area contributed by atoms with Gasteiger partial charge in [-0.25, -0.2) is 4.79 Å². The van der Waals surface area contributed by atoms with Crippen LogP contribution in [-0.4, -0.2) is 47.7 Å². The van der Waals surface area contributed by atoms with Crippen LogP contribution in [0.25, 0.3) is 11.0 Å². The molecule has 1 aliphatic rings. The van der Waals surface area contributed by atoms with Crippen LogP contribution in [0, 0.1) is 0 Å². The third kappa shape index (κ3) is 3.21. The zero-order chi connectivity index (χ0) is 17.1. The molecule has 0 aliphatic carbocycles. The quantitative estimate of drug-likeness (QED) is 0.859. The first-order valence-corrected chi connectivity index (χ1v) is 8.22. The molecule has 1 aliphatic heterocycles. The van der Waals surface area contributed by atoms with Gasteiger partial charge in [0.05, 0.1) is 23.3 Å². The highest BCUT2D eigenvalue weighted by atomic mass is 16.1. The van der Waals surface area contributed by atoms with E-state index in [1.807, 2.05) is 24.3 Å². The molecule has 24 heavy (non-hydrogen) atoms. The summed E-state index contributed by atoms with van der Waals surface area (Å²) in [5, 5.41) is 0. The molecule has 126 valence electrons. The molecule has 2 aromatic rings. The Balaban J connectivity index is 1.96. The first-order chi connectivity index (χ1) is 11.6. The Morgan fingerprint density at radius 3 is 2.75 bits per heavy atom. The maximum atomic E-state index is 12.4. The van der Waals surface area contributed by atoms with E-state index in [0.29, 0.717) is 6.54 Å². The van der Waals surface area contributed by atoms with Crippen LogP contribution in [0.3, 0.4) is 0 Å². The number of aromatic nitrogens is 2. The first kappa shape index (κ1) is 16.3. The minimum Gasteiger partial charge on any atom is -0.367 e. The molecule has 0 radical (unpaired) electrons. The normalized spacial score (nSPS) is 16.1. The number of anilines is 1. The highest BCUT2D eigenvalue weighted by molar-refractivity contribution is 5.89. The second-order valence-electron chi connectivity index (χ2n) is 6.23. The van der Waals surface area contributed by atoms with Crippen LogP contribution >= 0.6 is 0 Å². The first-order valence-electron chi connectivity index (χ1n) is 8.22. The SMILES string of the molecule is C=C/C=C\C(=C)Cn1c(=O)[nH]c2c(N3CCN(C)CC3)cccc21. The summed E-state index contributed by atoms with van der Waals surface area (Å²) in [4.78, 5) is 20.1. The van der Waals surface area contributed by atoms with Gasteiger partial charge in [-0.1, -0.05) is 37.5 Å². The highest BCUT2D eigenvalue weighted by Gasteiger charge is 2.18. The summed E-state index contributed by atoms with van der Waals surface area (Å²) in [6.07, 6.45) is 5.41. The smallest absolute Gasteiger partial charge is 0.326 e. The van der Waals surface area contributed by atoms with Crippen molar-refractivity contribution >= 4 is 16.7 Å². The zero-order valence-corrected chi connectivity index (χ0v) is 14.2. The zero-order valence-electron chi connectivity index (χ0n) is 14.2. The molecule has 0 spiro atoms. The maximum absolute atomic E-state index is 12.4. The molecular formula is C19H24N4O. The lowest BCUT2D eigenvalue weighted by atomic mass is 10.2. The summed E-state index contributed by atoms with van der Waals surface area (Å²) in [5.74, 6) is 0. The van der Waals surface area contributed by atoms with Crippen molar-refractivity contribution in [2.75, 3.05) is 38.1 Å². The van der Waals surface area contributed by atoms with Gasteiger partial charge < -0.3 is 14.8 Å². The molecule has 5 heteroatoms. The maximum Gasteiger partial charge on any atom is 0.326 e. The van der Waals surface area contributed by atoms with Crippen molar-refractivity contribution in [1.82, 2.24) is 14.5 Å². The van der Waals surface area contributed by atoms with E-state index < -0.39 is 0 Å². The van der Waals surface area contributed by atoms with Gasteiger partial charge in [-0.15, -0.1) is 0 Å². The molecule has 2 heterocycles. The largest absolute Gasteiger partial charge is 0.367 e. The Morgan fingerprint density at radius 1 is 1.29 bits per heavy atom. The van der Waals surface area contributed by atoms with Crippen LogP contribution in [0.4, 0.5) is 5.69 Å². The van der Waals surface area contributed by atoms with Crippen LogP contribution in [0.1, 0.15) is 0 Å². The monoisotopic (exact) mass is 324 g/mol. The molecule has 1 aromatic heterocycles. The van der Waals surface area contributed by atoms with Gasteiger partial charge in [-0.3, -0.25) is 4.57 Å². The molecule has 0 saturated carbocycles. The molecule has 3 rings (SSSR count). The molecule has 0 unspecified atom stereocenters. The van der Waals surface area contributed by atoms with Gasteiger partial charge >= 0.3 is 5.69 Å². The van der Waals surface area contributed by atoms with Gasteiger partial charge in [0.2, 0.25) is 0 Å². The molecule has 5 nitrogen and oxygen atoms in total. The van der Waals surface area contributed by atoms with Gasteiger partial charge in [0, 0.05) is 26.2 Å². The van der Waals surface area contributed by atoms with E-state index in [2.05, 4.69) is 41.1 Å². The average Bonchev–Trinajstić information content (AvgIpc) is 2.89. The van der Waals surface area contributed by atoms with Crippen LogP contribution in [0.5, 0.6) is 0 Å². The van der Waals surface area contributed by atoms with E-state index in [0.717, 1.165) is 48.5 Å². The Hall–Kier alpha value is -2.53. The van der Waals surface area contributed by atoms with Crippen LogP contribution < -0.4 is 10.6 Å². The van der Waals surface area contributed by atoms with Crippen molar-refractivity contribution in [1.29, 1.82) is 0 Å². The van der Waals surface area contributed by atoms with Crippen molar-refractivity contribution in [3.8, 4) is 0 Å². The lowest BCUT2D eigenvalue weighted by Gasteiger charge is -2.34. The molecule has 0 amide bonds. The number of benzene rings is 1. The molecular weight excluding hydrogens is 300 g/mol. The molecule has 1 aromatic carbocycles. The Morgan fingerprint density at radius 2 is 2.04 bits per heavy atom. The molecule has 0 bridgehead atoms. The lowest BCUT2D eigenvalue weighted by Crippen LogP contribution is -2.44. The van der Waals surface area contributed by atoms with Crippen LogP contribution in [-0.2, 0) is 6.54 Å². The number of H-pyrrole nitrogens is 1. The van der Waals surface area contributed by atoms with Crippen molar-refractivity contribution in [3.05, 3.63) is 65.6 Å². The van der Waals surface area contributed by atoms with E-state index in [1.165, 1.54) is 0 Å². The summed E-state index contributed by atoms with van der Waals surface area (Å²) >= 11 is 0. The average molecular weight is 324 g/mol. The minimum atomic E-state index is -0.0975. The number of nitrogens with zero attached hydrogens (tertiary/aromatic N) is 3. The Bertz CT molecular complexity index is 835. The summed E-state index contributed by atoms with van der Waals surface area (Å²) in [5.41, 5.74) is 3.70. The van der Waals surface area contributed by atoms with Gasteiger partial charge in [0.15, 0.2) is 0 Å². The number of aromatic amines is 1. The van der Waals surface area contributed by atoms with Crippen LogP contribution in [0.2, 0.25) is 0 Å². The van der Waals surface area contributed by atoms with E-state index in [4.69, 9.17) is 0 Å². The topological polar surface area (TPSA) is 44.3 Å². The number of para-hydroxylation sites is 1. The van der Waals surface area contributed by atoms with E-state index >= 15 is 0 Å². The number of likely N-dealkylation sites (N-methyl/N-ethyl adjacent to an activating group) is 1. The van der Waals surface area contributed by atoms with E-state index in [9.17, 15) is 4.79 Å². The van der Waals surface area contributed by atoms with E-state index in [1.54, 1.807) is 10.6 Å². The summed E-state index contributed by atoms with van der Waals surface area (Å²) in [6.45, 7) is 12.1. The lowest BCUT2D eigenvalue weighted by molar-refractivity contribution is 0.313. The van der Waals surface area contributed by atoms with E-state index in [-0.39, 0.29) is 5.69 Å². The minimum absolute atomic E-state index is 0.0975. The van der Waals surface area contributed by atoms with Crippen molar-refractivity contribution in [2.24, 2.45) is 0 Å². The van der Waals surface area contributed by atoms with Crippen LogP contribution in [0.15, 0.2) is 60.0 Å². The number of rotatable bonds is 5.